The van der Waals surface area contributed by atoms with Crippen molar-refractivity contribution in [3.8, 4) is 0 Å². The molecule has 210 valence electrons. The highest BCUT2D eigenvalue weighted by molar-refractivity contribution is 5.94. The Bertz CT molecular complexity index is 855. The number of aliphatic imine (C=N–C) groups is 2. The molecular formula is C22H42N10O5. The van der Waals surface area contributed by atoms with Crippen molar-refractivity contribution in [3.05, 3.63) is 0 Å². The van der Waals surface area contributed by atoms with E-state index in [1.165, 1.54) is 4.90 Å². The summed E-state index contributed by atoms with van der Waals surface area (Å²) in [4.78, 5) is 59.7. The van der Waals surface area contributed by atoms with E-state index in [0.717, 1.165) is 0 Å². The number of likely N-dealkylation sites (tertiary alicyclic amines) is 1. The molecule has 0 saturated carbocycles. The van der Waals surface area contributed by atoms with Gasteiger partial charge in [-0.2, -0.15) is 0 Å². The molecule has 0 aromatic heterocycles. The number of nitrogens with two attached hydrogens (primary N) is 5. The molecule has 1 aliphatic rings. The van der Waals surface area contributed by atoms with E-state index in [2.05, 4.69) is 20.6 Å². The fraction of sp³-hybridized carbons (Fsp3) is 0.727. The molecule has 1 rings (SSSR count). The number of amides is 3. The molecular weight excluding hydrogens is 484 g/mol. The van der Waals surface area contributed by atoms with Crippen molar-refractivity contribution in [2.75, 3.05) is 19.6 Å². The minimum absolute atomic E-state index is 0.0479. The third-order valence-corrected chi connectivity index (χ3v) is 5.93. The van der Waals surface area contributed by atoms with Gasteiger partial charge in [0.2, 0.25) is 17.7 Å². The van der Waals surface area contributed by atoms with E-state index in [1.807, 2.05) is 0 Å². The van der Waals surface area contributed by atoms with E-state index in [4.69, 9.17) is 28.7 Å². The van der Waals surface area contributed by atoms with E-state index < -0.39 is 47.9 Å². The number of rotatable bonds is 15. The van der Waals surface area contributed by atoms with Crippen LogP contribution in [0, 0.1) is 5.92 Å². The molecule has 0 spiro atoms. The number of carbonyl (C=O) groups is 4. The summed E-state index contributed by atoms with van der Waals surface area (Å²) in [5.74, 6) is -3.11. The van der Waals surface area contributed by atoms with Crippen LogP contribution in [0.2, 0.25) is 0 Å². The normalized spacial score (nSPS) is 17.4. The van der Waals surface area contributed by atoms with Crippen molar-refractivity contribution in [3.63, 3.8) is 0 Å². The number of aliphatic carboxylic acids is 1. The zero-order chi connectivity index (χ0) is 28.1. The first-order valence-electron chi connectivity index (χ1n) is 12.4. The Hall–Kier alpha value is -3.62. The quantitative estimate of drug-likeness (QED) is 0.0613. The molecule has 1 saturated heterocycles. The van der Waals surface area contributed by atoms with Crippen LogP contribution in [0.5, 0.6) is 0 Å². The van der Waals surface area contributed by atoms with Crippen LogP contribution in [0.3, 0.4) is 0 Å². The first-order valence-corrected chi connectivity index (χ1v) is 12.4. The summed E-state index contributed by atoms with van der Waals surface area (Å²) >= 11 is 0. The second-order valence-corrected chi connectivity index (χ2v) is 9.32. The van der Waals surface area contributed by atoms with Gasteiger partial charge in [-0.3, -0.25) is 24.4 Å². The van der Waals surface area contributed by atoms with Crippen molar-refractivity contribution in [2.45, 2.75) is 76.5 Å². The molecule has 37 heavy (non-hydrogen) atoms. The maximum absolute atomic E-state index is 13.4. The van der Waals surface area contributed by atoms with Gasteiger partial charge >= 0.3 is 5.97 Å². The van der Waals surface area contributed by atoms with E-state index in [1.54, 1.807) is 13.8 Å². The van der Waals surface area contributed by atoms with Gasteiger partial charge in [0.1, 0.15) is 18.1 Å². The molecule has 0 unspecified atom stereocenters. The molecule has 1 aliphatic heterocycles. The summed E-state index contributed by atoms with van der Waals surface area (Å²) in [5, 5.41) is 14.7. The van der Waals surface area contributed by atoms with Gasteiger partial charge in [0, 0.05) is 19.6 Å². The number of carboxylic acids is 1. The SMILES string of the molecule is CC(C)[C@H](NC(=O)[C@@H](N)CCCN=C(N)N)C(=O)N1CCC[C@H]1C(=O)N[C@@H](CCCN=C(N)N)C(=O)O. The number of nitrogens with one attached hydrogen (secondary N) is 2. The van der Waals surface area contributed by atoms with Gasteiger partial charge in [-0.05, 0) is 44.4 Å². The Morgan fingerprint density at radius 2 is 1.54 bits per heavy atom. The predicted molar refractivity (Wildman–Crippen MR) is 139 cm³/mol. The number of guanidine groups is 2. The second kappa shape index (κ2) is 15.5. The maximum atomic E-state index is 13.4. The van der Waals surface area contributed by atoms with Crippen LogP contribution in [-0.4, -0.2) is 89.4 Å². The summed E-state index contributed by atoms with van der Waals surface area (Å²) < 4.78 is 0. The lowest BCUT2D eigenvalue weighted by Gasteiger charge is -2.31. The van der Waals surface area contributed by atoms with Crippen molar-refractivity contribution in [1.29, 1.82) is 0 Å². The molecule has 15 heteroatoms. The van der Waals surface area contributed by atoms with E-state index in [-0.39, 0.29) is 30.8 Å². The molecule has 0 radical (unpaired) electrons. The molecule has 1 fully saturated rings. The van der Waals surface area contributed by atoms with Gasteiger partial charge in [0.05, 0.1) is 6.04 Å². The first-order chi connectivity index (χ1) is 17.3. The lowest BCUT2D eigenvalue weighted by molar-refractivity contribution is -0.145. The summed E-state index contributed by atoms with van der Waals surface area (Å²) in [6.07, 6.45) is 2.20. The van der Waals surface area contributed by atoms with Crippen LogP contribution in [0.1, 0.15) is 52.4 Å². The van der Waals surface area contributed by atoms with Crippen molar-refractivity contribution < 1.29 is 24.3 Å². The van der Waals surface area contributed by atoms with Crippen LogP contribution in [-0.2, 0) is 19.2 Å². The summed E-state index contributed by atoms with van der Waals surface area (Å²) in [5.41, 5.74) is 27.1. The standard InChI is InChI=1S/C22H42N10O5/c1-12(2)16(31-17(33)13(23)6-3-9-28-21(24)25)19(35)32-11-5-8-15(32)18(34)30-14(20(36)37)7-4-10-29-22(26)27/h12-16H,3-11,23H2,1-2H3,(H,30,34)(H,31,33)(H,36,37)(H4,24,25,28)(H4,26,27,29)/t13-,14-,15-,16-/m0/s1. The highest BCUT2D eigenvalue weighted by Crippen LogP contribution is 2.21. The fourth-order valence-corrected chi connectivity index (χ4v) is 3.93. The highest BCUT2D eigenvalue weighted by atomic mass is 16.4. The lowest BCUT2D eigenvalue weighted by Crippen LogP contribution is -2.58. The van der Waals surface area contributed by atoms with Gasteiger partial charge in [0.15, 0.2) is 11.9 Å². The third-order valence-electron chi connectivity index (χ3n) is 5.93. The number of nitrogens with zero attached hydrogens (tertiary/aromatic N) is 3. The van der Waals surface area contributed by atoms with Gasteiger partial charge in [0.25, 0.3) is 0 Å². The minimum atomic E-state index is -1.20. The van der Waals surface area contributed by atoms with Gasteiger partial charge in [-0.15, -0.1) is 0 Å². The Labute approximate surface area is 216 Å². The Balaban J connectivity index is 2.80. The minimum Gasteiger partial charge on any atom is -0.480 e. The first kappa shape index (κ1) is 31.4. The van der Waals surface area contributed by atoms with E-state index >= 15 is 0 Å². The van der Waals surface area contributed by atoms with Crippen molar-refractivity contribution in [1.82, 2.24) is 15.5 Å². The lowest BCUT2D eigenvalue weighted by atomic mass is 10.0. The number of carbonyl (C=O) groups excluding carboxylic acids is 3. The summed E-state index contributed by atoms with van der Waals surface area (Å²) in [6, 6.07) is -3.77. The second-order valence-electron chi connectivity index (χ2n) is 9.32. The Kier molecular flexibility index (Phi) is 13.1. The monoisotopic (exact) mass is 526 g/mol. The zero-order valence-corrected chi connectivity index (χ0v) is 21.6. The molecule has 4 atom stereocenters. The molecule has 0 aromatic rings. The van der Waals surface area contributed by atoms with E-state index in [9.17, 15) is 24.3 Å². The number of hydrogen-bond donors (Lipinski definition) is 8. The summed E-state index contributed by atoms with van der Waals surface area (Å²) in [6.45, 7) is 4.40. The largest absolute Gasteiger partial charge is 0.480 e. The smallest absolute Gasteiger partial charge is 0.326 e. The van der Waals surface area contributed by atoms with Crippen LogP contribution in [0.15, 0.2) is 9.98 Å². The zero-order valence-electron chi connectivity index (χ0n) is 21.6. The summed E-state index contributed by atoms with van der Waals surface area (Å²) in [7, 11) is 0. The van der Waals surface area contributed by atoms with Crippen LogP contribution in [0.4, 0.5) is 0 Å². The number of carboxylic acid groups (broad SMARTS) is 1. The van der Waals surface area contributed by atoms with Crippen LogP contribution >= 0.6 is 0 Å². The van der Waals surface area contributed by atoms with Gasteiger partial charge in [-0.1, -0.05) is 13.8 Å². The Morgan fingerprint density at radius 3 is 2.05 bits per heavy atom. The molecule has 0 aromatic carbocycles. The predicted octanol–water partition coefficient (Wildman–Crippen LogP) is -2.88. The molecule has 13 N–H and O–H groups in total. The molecule has 0 aliphatic carbocycles. The van der Waals surface area contributed by atoms with Crippen molar-refractivity contribution >= 4 is 35.6 Å². The van der Waals surface area contributed by atoms with E-state index in [0.29, 0.717) is 45.2 Å². The molecule has 15 nitrogen and oxygen atoms in total. The maximum Gasteiger partial charge on any atom is 0.326 e. The van der Waals surface area contributed by atoms with Gasteiger partial charge < -0.3 is 49.3 Å². The molecule has 3 amide bonds. The average molecular weight is 527 g/mol. The topological polar surface area (TPSA) is 271 Å². The molecule has 1 heterocycles. The fourth-order valence-electron chi connectivity index (χ4n) is 3.93. The molecule has 0 bridgehead atoms. The highest BCUT2D eigenvalue weighted by Gasteiger charge is 2.39. The number of hydrogen-bond acceptors (Lipinski definition) is 7. The third kappa shape index (κ3) is 10.9. The Morgan fingerprint density at radius 1 is 0.973 bits per heavy atom. The van der Waals surface area contributed by atoms with Crippen molar-refractivity contribution in [2.24, 2.45) is 44.6 Å². The van der Waals surface area contributed by atoms with Crippen LogP contribution in [0.25, 0.3) is 0 Å². The van der Waals surface area contributed by atoms with Crippen LogP contribution < -0.4 is 39.3 Å². The average Bonchev–Trinajstić information content (AvgIpc) is 3.30. The van der Waals surface area contributed by atoms with Gasteiger partial charge in [-0.25, -0.2) is 4.79 Å².